The number of carbonyl (C=O) groups is 1. The third-order valence-corrected chi connectivity index (χ3v) is 7.00. The molecule has 3 heterocycles. The molecule has 0 saturated carbocycles. The summed E-state index contributed by atoms with van der Waals surface area (Å²) in [7, 11) is 1.84. The Morgan fingerprint density at radius 1 is 1.30 bits per heavy atom. The standard InChI is InChI=1S/C27H27ClFN5O3/c1-15-8-21(27-30-14-31-33(27)4)19-6-5-7-24(26(19)32-15)37-12-22-20(9-18(29)10-23(22)28)17(3)34-16(2)11-36-13-25(34)35/h5-10,14,16-17H,11-13H2,1-4H3/t16?,17-/m0/s1. The summed E-state index contributed by atoms with van der Waals surface area (Å²) in [6.45, 7) is 6.17. The lowest BCUT2D eigenvalue weighted by Crippen LogP contribution is -2.49. The molecule has 2 aromatic carbocycles. The molecule has 1 aliphatic heterocycles. The topological polar surface area (TPSA) is 82.4 Å². The summed E-state index contributed by atoms with van der Waals surface area (Å²) in [5.74, 6) is 0.650. The lowest BCUT2D eigenvalue weighted by molar-refractivity contribution is -0.150. The van der Waals surface area contributed by atoms with Crippen LogP contribution in [0.3, 0.4) is 0 Å². The molecule has 2 atom stereocenters. The van der Waals surface area contributed by atoms with E-state index in [9.17, 15) is 9.18 Å². The van der Waals surface area contributed by atoms with Crippen molar-refractivity contribution in [1.82, 2.24) is 24.6 Å². The van der Waals surface area contributed by atoms with Gasteiger partial charge in [0, 0.05) is 29.3 Å². The zero-order valence-electron chi connectivity index (χ0n) is 21.0. The van der Waals surface area contributed by atoms with E-state index >= 15 is 0 Å². The van der Waals surface area contributed by atoms with E-state index < -0.39 is 11.9 Å². The van der Waals surface area contributed by atoms with E-state index in [1.165, 1.54) is 18.5 Å². The Labute approximate surface area is 219 Å². The fourth-order valence-electron chi connectivity index (χ4n) is 4.96. The second-order valence-electron chi connectivity index (χ2n) is 9.26. The zero-order chi connectivity index (χ0) is 26.3. The Morgan fingerprint density at radius 3 is 2.84 bits per heavy atom. The van der Waals surface area contributed by atoms with Crippen LogP contribution in [0.15, 0.2) is 42.7 Å². The summed E-state index contributed by atoms with van der Waals surface area (Å²) in [5.41, 5.74) is 3.57. The third-order valence-electron chi connectivity index (χ3n) is 6.66. The first-order chi connectivity index (χ1) is 17.7. The Bertz CT molecular complexity index is 1490. The summed E-state index contributed by atoms with van der Waals surface area (Å²) in [4.78, 5) is 23.5. The molecule has 1 saturated heterocycles. The van der Waals surface area contributed by atoms with Crippen LogP contribution in [0.1, 0.15) is 36.7 Å². The SMILES string of the molecule is Cc1cc(-c2ncnn2C)c2cccc(OCc3c(Cl)cc(F)cc3[C@H](C)N3C(=O)COCC3C)c2n1. The molecule has 5 rings (SSSR count). The minimum Gasteiger partial charge on any atom is -0.487 e. The monoisotopic (exact) mass is 523 g/mol. The summed E-state index contributed by atoms with van der Waals surface area (Å²) in [6, 6.07) is 9.75. The number of nitrogens with zero attached hydrogens (tertiary/aromatic N) is 5. The van der Waals surface area contributed by atoms with Crippen molar-refractivity contribution < 1.29 is 18.7 Å². The van der Waals surface area contributed by atoms with Crippen LogP contribution < -0.4 is 4.74 Å². The Morgan fingerprint density at radius 2 is 2.11 bits per heavy atom. The fourth-order valence-corrected chi connectivity index (χ4v) is 5.22. The molecule has 0 radical (unpaired) electrons. The van der Waals surface area contributed by atoms with E-state index in [1.807, 2.05) is 52.1 Å². The number of amides is 1. The summed E-state index contributed by atoms with van der Waals surface area (Å²) in [5, 5.41) is 5.29. The number of fused-ring (bicyclic) bond motifs is 1. The fraction of sp³-hybridized carbons (Fsp3) is 0.333. The predicted octanol–water partition coefficient (Wildman–Crippen LogP) is 5.02. The van der Waals surface area contributed by atoms with Gasteiger partial charge in [0.2, 0.25) is 5.91 Å². The van der Waals surface area contributed by atoms with E-state index in [2.05, 4.69) is 10.1 Å². The highest BCUT2D eigenvalue weighted by Crippen LogP contribution is 2.35. The molecule has 0 N–H and O–H groups in total. The Hall–Kier alpha value is -3.56. The number of aryl methyl sites for hydroxylation is 2. The van der Waals surface area contributed by atoms with E-state index in [-0.39, 0.29) is 30.2 Å². The maximum atomic E-state index is 14.5. The van der Waals surface area contributed by atoms with Crippen LogP contribution in [0.2, 0.25) is 5.02 Å². The van der Waals surface area contributed by atoms with Crippen LogP contribution >= 0.6 is 11.6 Å². The van der Waals surface area contributed by atoms with Crippen molar-refractivity contribution >= 4 is 28.4 Å². The second kappa shape index (κ2) is 10.1. The highest BCUT2D eigenvalue weighted by Gasteiger charge is 2.32. The number of halogens is 2. The van der Waals surface area contributed by atoms with Crippen LogP contribution in [0.5, 0.6) is 5.75 Å². The third kappa shape index (κ3) is 4.76. The van der Waals surface area contributed by atoms with Crippen molar-refractivity contribution in [2.24, 2.45) is 7.05 Å². The predicted molar refractivity (Wildman–Crippen MR) is 138 cm³/mol. The summed E-state index contributed by atoms with van der Waals surface area (Å²) in [6.07, 6.45) is 1.51. The van der Waals surface area contributed by atoms with Gasteiger partial charge in [-0.05, 0) is 50.6 Å². The van der Waals surface area contributed by atoms with Crippen LogP contribution in [0.25, 0.3) is 22.3 Å². The molecule has 2 aromatic heterocycles. The Kier molecular flexibility index (Phi) is 6.83. The van der Waals surface area contributed by atoms with Gasteiger partial charge in [-0.25, -0.2) is 19.0 Å². The first kappa shape index (κ1) is 25.1. The number of hydrogen-bond acceptors (Lipinski definition) is 6. The van der Waals surface area contributed by atoms with Gasteiger partial charge in [-0.1, -0.05) is 23.7 Å². The van der Waals surface area contributed by atoms with Crippen molar-refractivity contribution in [3.05, 3.63) is 70.4 Å². The zero-order valence-corrected chi connectivity index (χ0v) is 21.8. The summed E-state index contributed by atoms with van der Waals surface area (Å²) >= 11 is 6.53. The van der Waals surface area contributed by atoms with Crippen molar-refractivity contribution in [3.63, 3.8) is 0 Å². The molecule has 192 valence electrons. The van der Waals surface area contributed by atoms with Gasteiger partial charge in [-0.3, -0.25) is 4.79 Å². The number of pyridine rings is 1. The quantitative estimate of drug-likeness (QED) is 0.353. The maximum absolute atomic E-state index is 14.5. The molecule has 0 aliphatic carbocycles. The first-order valence-corrected chi connectivity index (χ1v) is 12.4. The minimum atomic E-state index is -0.472. The lowest BCUT2D eigenvalue weighted by Gasteiger charge is -2.38. The second-order valence-corrected chi connectivity index (χ2v) is 9.66. The van der Waals surface area contributed by atoms with E-state index in [4.69, 9.17) is 26.1 Å². The molecule has 1 amide bonds. The van der Waals surface area contributed by atoms with Crippen molar-refractivity contribution in [2.45, 2.75) is 39.5 Å². The first-order valence-electron chi connectivity index (χ1n) is 12.0. The molecule has 1 aliphatic rings. The van der Waals surface area contributed by atoms with Crippen LogP contribution in [-0.2, 0) is 23.2 Å². The van der Waals surface area contributed by atoms with Gasteiger partial charge in [-0.2, -0.15) is 5.10 Å². The van der Waals surface area contributed by atoms with Crippen molar-refractivity contribution in [3.8, 4) is 17.1 Å². The van der Waals surface area contributed by atoms with Crippen LogP contribution in [-0.4, -0.2) is 49.8 Å². The number of carbonyl (C=O) groups excluding carboxylic acids is 1. The lowest BCUT2D eigenvalue weighted by atomic mass is 9.98. The molecular formula is C27H27ClFN5O3. The normalized spacial score (nSPS) is 16.9. The van der Waals surface area contributed by atoms with Crippen molar-refractivity contribution in [2.75, 3.05) is 13.2 Å². The molecule has 8 nitrogen and oxygen atoms in total. The molecule has 37 heavy (non-hydrogen) atoms. The van der Waals surface area contributed by atoms with Gasteiger partial charge in [0.15, 0.2) is 5.82 Å². The largest absolute Gasteiger partial charge is 0.487 e. The average molecular weight is 524 g/mol. The smallest absolute Gasteiger partial charge is 0.249 e. The molecular weight excluding hydrogens is 497 g/mol. The maximum Gasteiger partial charge on any atom is 0.249 e. The van der Waals surface area contributed by atoms with E-state index in [1.54, 1.807) is 9.58 Å². The average Bonchev–Trinajstić information content (AvgIpc) is 3.28. The van der Waals surface area contributed by atoms with E-state index in [0.717, 1.165) is 22.5 Å². The number of benzene rings is 2. The number of aromatic nitrogens is 4. The highest BCUT2D eigenvalue weighted by atomic mass is 35.5. The van der Waals surface area contributed by atoms with Gasteiger partial charge in [0.1, 0.15) is 36.6 Å². The molecule has 1 unspecified atom stereocenters. The molecule has 4 aromatic rings. The summed E-state index contributed by atoms with van der Waals surface area (Å²) < 4.78 is 27.8. The number of rotatable bonds is 6. The van der Waals surface area contributed by atoms with Gasteiger partial charge in [-0.15, -0.1) is 0 Å². The number of ether oxygens (including phenoxy) is 2. The molecule has 10 heteroatoms. The van der Waals surface area contributed by atoms with Crippen molar-refractivity contribution in [1.29, 1.82) is 0 Å². The highest BCUT2D eigenvalue weighted by molar-refractivity contribution is 6.31. The van der Waals surface area contributed by atoms with Crippen LogP contribution in [0.4, 0.5) is 4.39 Å². The van der Waals surface area contributed by atoms with Gasteiger partial charge >= 0.3 is 0 Å². The number of hydrogen-bond donors (Lipinski definition) is 0. The van der Waals surface area contributed by atoms with Gasteiger partial charge in [0.25, 0.3) is 0 Å². The van der Waals surface area contributed by atoms with Gasteiger partial charge in [0.05, 0.1) is 23.7 Å². The number of para-hydroxylation sites is 1. The van der Waals surface area contributed by atoms with Crippen LogP contribution in [0, 0.1) is 12.7 Å². The van der Waals surface area contributed by atoms with E-state index in [0.29, 0.717) is 29.0 Å². The number of morpholine rings is 1. The molecule has 1 fully saturated rings. The molecule has 0 spiro atoms. The Balaban J connectivity index is 1.52. The molecule has 0 bridgehead atoms. The van der Waals surface area contributed by atoms with Gasteiger partial charge < -0.3 is 14.4 Å². The minimum absolute atomic E-state index is 0.00155.